The summed E-state index contributed by atoms with van der Waals surface area (Å²) in [6, 6.07) is 10.3. The fraction of sp³-hybridized carbons (Fsp3) is 0.320. The Morgan fingerprint density at radius 1 is 1.11 bits per heavy atom. The van der Waals surface area contributed by atoms with Crippen molar-refractivity contribution < 1.29 is 23.8 Å². The molecule has 1 unspecified atom stereocenters. The molecule has 1 aliphatic heterocycles. The van der Waals surface area contributed by atoms with Crippen LogP contribution in [-0.2, 0) is 16.6 Å². The molecule has 0 spiro atoms. The minimum Gasteiger partial charge on any atom is -0.491 e. The first-order chi connectivity index (χ1) is 17.8. The number of nitrogens with zero attached hydrogens (tertiary/aromatic N) is 4. The molecular formula is C25H27N7O5. The number of hydrogen-bond acceptors (Lipinski definition) is 9. The predicted molar refractivity (Wildman–Crippen MR) is 133 cm³/mol. The SMILES string of the molecule is CC(C)Oc1cc(Oc2ccc(C3NN=C(C(=O)NC4CC4)O3)nc2)cc(C(=O)Nc2ccn(C)n2)c1. The number of nitrogens with one attached hydrogen (secondary N) is 3. The normalized spacial score (nSPS) is 16.4. The Hall–Kier alpha value is -4.61. The molecule has 5 rings (SSSR count). The van der Waals surface area contributed by atoms with Crippen molar-refractivity contribution in [2.24, 2.45) is 12.1 Å². The third-order valence-corrected chi connectivity index (χ3v) is 5.35. The summed E-state index contributed by atoms with van der Waals surface area (Å²) >= 11 is 0. The molecule has 0 saturated heterocycles. The Kier molecular flexibility index (Phi) is 6.62. The quantitative estimate of drug-likeness (QED) is 0.403. The number of hydrazone groups is 1. The van der Waals surface area contributed by atoms with Crippen LogP contribution in [0.3, 0.4) is 0 Å². The average Bonchev–Trinajstić information content (AvgIpc) is 3.35. The zero-order chi connectivity index (χ0) is 25.9. The number of benzene rings is 1. The Morgan fingerprint density at radius 3 is 2.59 bits per heavy atom. The number of carbonyl (C=O) groups is 2. The highest BCUT2D eigenvalue weighted by molar-refractivity contribution is 6.35. The van der Waals surface area contributed by atoms with E-state index < -0.39 is 6.23 Å². The summed E-state index contributed by atoms with van der Waals surface area (Å²) in [4.78, 5) is 29.3. The first kappa shape index (κ1) is 24.1. The van der Waals surface area contributed by atoms with E-state index in [0.717, 1.165) is 12.8 Å². The van der Waals surface area contributed by atoms with E-state index in [-0.39, 0.29) is 29.9 Å². The van der Waals surface area contributed by atoms with Crippen LogP contribution in [0.5, 0.6) is 17.2 Å². The molecular weight excluding hydrogens is 478 g/mol. The lowest BCUT2D eigenvalue weighted by molar-refractivity contribution is -0.116. The van der Waals surface area contributed by atoms with Crippen molar-refractivity contribution in [1.29, 1.82) is 0 Å². The molecule has 2 aliphatic rings. The van der Waals surface area contributed by atoms with Gasteiger partial charge in [-0.3, -0.25) is 24.7 Å². The molecule has 2 amide bonds. The molecule has 1 aromatic carbocycles. The Morgan fingerprint density at radius 2 is 1.92 bits per heavy atom. The first-order valence-corrected chi connectivity index (χ1v) is 11.9. The second-order valence-corrected chi connectivity index (χ2v) is 9.00. The van der Waals surface area contributed by atoms with E-state index in [9.17, 15) is 9.59 Å². The number of carbonyl (C=O) groups excluding carboxylic acids is 2. The highest BCUT2D eigenvalue weighted by Gasteiger charge is 2.31. The average molecular weight is 506 g/mol. The zero-order valence-electron chi connectivity index (χ0n) is 20.6. The molecule has 12 nitrogen and oxygen atoms in total. The lowest BCUT2D eigenvalue weighted by Gasteiger charge is -2.14. The van der Waals surface area contributed by atoms with Crippen molar-refractivity contribution in [3.05, 3.63) is 60.0 Å². The van der Waals surface area contributed by atoms with E-state index in [1.54, 1.807) is 54.3 Å². The van der Waals surface area contributed by atoms with Crippen molar-refractivity contribution >= 4 is 23.5 Å². The summed E-state index contributed by atoms with van der Waals surface area (Å²) in [6.45, 7) is 3.79. The van der Waals surface area contributed by atoms with Crippen molar-refractivity contribution in [2.45, 2.75) is 45.1 Å². The number of amides is 2. The van der Waals surface area contributed by atoms with Crippen LogP contribution in [0.15, 0.2) is 53.9 Å². The second kappa shape index (κ2) is 10.2. The molecule has 37 heavy (non-hydrogen) atoms. The monoisotopic (exact) mass is 505 g/mol. The van der Waals surface area contributed by atoms with Crippen LogP contribution in [0.2, 0.25) is 0 Å². The Labute approximate surface area is 213 Å². The highest BCUT2D eigenvalue weighted by atomic mass is 16.5. The van der Waals surface area contributed by atoms with E-state index >= 15 is 0 Å². The predicted octanol–water partition coefficient (Wildman–Crippen LogP) is 2.86. The van der Waals surface area contributed by atoms with Crippen molar-refractivity contribution in [1.82, 2.24) is 25.5 Å². The number of anilines is 1. The molecule has 0 radical (unpaired) electrons. The van der Waals surface area contributed by atoms with Crippen LogP contribution in [0.1, 0.15) is 49.0 Å². The van der Waals surface area contributed by atoms with E-state index in [1.807, 2.05) is 13.8 Å². The fourth-order valence-electron chi connectivity index (χ4n) is 3.50. The van der Waals surface area contributed by atoms with E-state index in [1.165, 1.54) is 6.20 Å². The number of hydrogen-bond donors (Lipinski definition) is 3. The molecule has 12 heteroatoms. The van der Waals surface area contributed by atoms with E-state index in [0.29, 0.717) is 34.3 Å². The zero-order valence-corrected chi connectivity index (χ0v) is 20.6. The molecule has 1 atom stereocenters. The minimum absolute atomic E-state index is 0.0162. The smallest absolute Gasteiger partial charge is 0.308 e. The van der Waals surface area contributed by atoms with Crippen molar-refractivity contribution in [3.63, 3.8) is 0 Å². The molecule has 3 aromatic rings. The molecule has 3 N–H and O–H groups in total. The minimum atomic E-state index is -0.682. The second-order valence-electron chi connectivity index (χ2n) is 9.00. The standard InChI is InChI=1S/C25H27N7O5/c1-14(2)35-18-10-15(22(33)28-21-8-9-32(3)31-21)11-19(12-18)36-17-6-7-20(26-13-17)24-29-30-25(37-24)23(34)27-16-4-5-16/h6-14,16,24,29H,4-5H2,1-3H3,(H,27,34)(H,28,31,33). The maximum atomic E-state index is 12.9. The fourth-order valence-corrected chi connectivity index (χ4v) is 3.50. The van der Waals surface area contributed by atoms with Gasteiger partial charge in [0.2, 0.25) is 6.23 Å². The number of aryl methyl sites for hydroxylation is 1. The van der Waals surface area contributed by atoms with E-state index in [4.69, 9.17) is 14.2 Å². The molecule has 2 aromatic heterocycles. The van der Waals surface area contributed by atoms with Gasteiger partial charge in [0, 0.05) is 37.0 Å². The number of aromatic nitrogens is 3. The molecule has 1 aliphatic carbocycles. The lowest BCUT2D eigenvalue weighted by atomic mass is 10.2. The van der Waals surface area contributed by atoms with Gasteiger partial charge in [0.25, 0.3) is 11.8 Å². The molecule has 1 saturated carbocycles. The van der Waals surface area contributed by atoms with Gasteiger partial charge in [-0.15, -0.1) is 5.10 Å². The first-order valence-electron chi connectivity index (χ1n) is 11.9. The van der Waals surface area contributed by atoms with Crippen LogP contribution >= 0.6 is 0 Å². The molecule has 0 bridgehead atoms. The summed E-state index contributed by atoms with van der Waals surface area (Å²) < 4.78 is 19.0. The molecule has 1 fully saturated rings. The highest BCUT2D eigenvalue weighted by Crippen LogP contribution is 2.29. The number of ether oxygens (including phenoxy) is 3. The van der Waals surface area contributed by atoms with Gasteiger partial charge in [-0.25, -0.2) is 0 Å². The van der Waals surface area contributed by atoms with E-state index in [2.05, 4.69) is 31.2 Å². The van der Waals surface area contributed by atoms with Gasteiger partial charge >= 0.3 is 5.91 Å². The maximum absolute atomic E-state index is 12.9. The van der Waals surface area contributed by atoms with Gasteiger partial charge < -0.3 is 24.8 Å². The Bertz CT molecular complexity index is 1330. The van der Waals surface area contributed by atoms with Crippen molar-refractivity contribution in [3.8, 4) is 17.2 Å². The van der Waals surface area contributed by atoms with Crippen LogP contribution < -0.4 is 25.5 Å². The third kappa shape index (κ3) is 6.15. The van der Waals surface area contributed by atoms with Crippen LogP contribution in [0.4, 0.5) is 5.82 Å². The summed E-state index contributed by atoms with van der Waals surface area (Å²) in [5.41, 5.74) is 3.64. The summed E-state index contributed by atoms with van der Waals surface area (Å²) in [7, 11) is 1.77. The maximum Gasteiger partial charge on any atom is 0.308 e. The third-order valence-electron chi connectivity index (χ3n) is 5.35. The van der Waals surface area contributed by atoms with Gasteiger partial charge in [-0.2, -0.15) is 5.10 Å². The molecule has 3 heterocycles. The van der Waals surface area contributed by atoms with Gasteiger partial charge in [0.1, 0.15) is 22.9 Å². The topological polar surface area (TPSA) is 141 Å². The van der Waals surface area contributed by atoms with Gasteiger partial charge in [0.15, 0.2) is 5.82 Å². The summed E-state index contributed by atoms with van der Waals surface area (Å²) in [5.74, 6) is 1.05. The number of rotatable bonds is 9. The van der Waals surface area contributed by atoms with Gasteiger partial charge in [0.05, 0.1) is 12.3 Å². The van der Waals surface area contributed by atoms with Crippen molar-refractivity contribution in [2.75, 3.05) is 5.32 Å². The summed E-state index contributed by atoms with van der Waals surface area (Å²) in [6.07, 6.45) is 4.43. The van der Waals surface area contributed by atoms with Crippen LogP contribution in [0.25, 0.3) is 0 Å². The largest absolute Gasteiger partial charge is 0.491 e. The number of pyridine rings is 1. The van der Waals surface area contributed by atoms with Gasteiger partial charge in [-0.05, 0) is 51.0 Å². The van der Waals surface area contributed by atoms with Gasteiger partial charge in [-0.1, -0.05) is 0 Å². The Balaban J connectivity index is 1.26. The van der Waals surface area contributed by atoms with Crippen LogP contribution in [0, 0.1) is 0 Å². The lowest BCUT2D eigenvalue weighted by Crippen LogP contribution is -2.33. The van der Waals surface area contributed by atoms with Crippen LogP contribution in [-0.4, -0.2) is 44.6 Å². The summed E-state index contributed by atoms with van der Waals surface area (Å²) in [5, 5.41) is 13.7. The molecule has 192 valence electrons.